The van der Waals surface area contributed by atoms with E-state index in [-0.39, 0.29) is 41.1 Å². The highest BCUT2D eigenvalue weighted by molar-refractivity contribution is 7.89. The molecule has 1 amide bonds. The number of nitrogens with zero attached hydrogens (tertiary/aromatic N) is 1. The minimum absolute atomic E-state index is 0.0272. The molecule has 2 aliphatic heterocycles. The summed E-state index contributed by atoms with van der Waals surface area (Å²) in [4.78, 5) is 12.9. The Morgan fingerprint density at radius 2 is 1.94 bits per heavy atom. The number of sulfonamides is 1. The van der Waals surface area contributed by atoms with E-state index in [4.69, 9.17) is 14.2 Å². The number of anilines is 2. The number of ether oxygens (including phenoxy) is 3. The van der Waals surface area contributed by atoms with Gasteiger partial charge in [-0.3, -0.25) is 4.79 Å². The Morgan fingerprint density at radius 1 is 1.15 bits per heavy atom. The monoisotopic (exact) mass is 493 g/mol. The van der Waals surface area contributed by atoms with Crippen LogP contribution >= 0.6 is 0 Å². The molecule has 2 saturated heterocycles. The van der Waals surface area contributed by atoms with Gasteiger partial charge in [-0.15, -0.1) is 0 Å². The molecule has 2 aliphatic rings. The van der Waals surface area contributed by atoms with Crippen molar-refractivity contribution in [2.45, 2.75) is 23.8 Å². The second kappa shape index (κ2) is 10.7. The van der Waals surface area contributed by atoms with Gasteiger partial charge in [0.1, 0.15) is 11.6 Å². The molecule has 2 fully saturated rings. The van der Waals surface area contributed by atoms with Gasteiger partial charge in [0.15, 0.2) is 0 Å². The molecule has 0 aliphatic carbocycles. The topological polar surface area (TPSA) is 106 Å². The van der Waals surface area contributed by atoms with Gasteiger partial charge in [-0.1, -0.05) is 0 Å². The van der Waals surface area contributed by atoms with Crippen LogP contribution in [0.3, 0.4) is 0 Å². The number of benzene rings is 2. The third-order valence-corrected chi connectivity index (χ3v) is 7.71. The van der Waals surface area contributed by atoms with Gasteiger partial charge in [0.05, 0.1) is 48.3 Å². The van der Waals surface area contributed by atoms with Crippen LogP contribution in [0.25, 0.3) is 0 Å². The van der Waals surface area contributed by atoms with Gasteiger partial charge >= 0.3 is 0 Å². The quantitative estimate of drug-likeness (QED) is 0.582. The lowest BCUT2D eigenvalue weighted by atomic mass is 10.1. The number of halogens is 1. The van der Waals surface area contributed by atoms with E-state index in [1.165, 1.54) is 35.7 Å². The second-order valence-electron chi connectivity index (χ2n) is 8.04. The fourth-order valence-electron chi connectivity index (χ4n) is 3.90. The minimum atomic E-state index is -3.79. The molecule has 0 spiro atoms. The summed E-state index contributed by atoms with van der Waals surface area (Å²) in [5, 5.41) is 5.89. The lowest BCUT2D eigenvalue weighted by Gasteiger charge is -2.26. The highest BCUT2D eigenvalue weighted by Crippen LogP contribution is 2.29. The van der Waals surface area contributed by atoms with Crippen LogP contribution in [0.5, 0.6) is 5.75 Å². The molecule has 0 aromatic heterocycles. The predicted octanol–water partition coefficient (Wildman–Crippen LogP) is 2.70. The molecule has 34 heavy (non-hydrogen) atoms. The molecule has 2 aromatic carbocycles. The molecule has 2 aromatic rings. The normalized spacial score (nSPS) is 19.1. The largest absolute Gasteiger partial charge is 0.497 e. The maximum atomic E-state index is 14.5. The molecule has 11 heteroatoms. The fourth-order valence-corrected chi connectivity index (χ4v) is 5.34. The standard InChI is InChI=1S/C23H28FN3O6S/c1-31-16-4-6-19(20(24)13-16)23(28)26-22-14-18(34(29,30)27-8-11-32-12-9-27)5-7-21(22)25-15-17-3-2-10-33-17/h4-7,13-14,17,25H,2-3,8-12,15H2,1H3,(H,26,28). The summed E-state index contributed by atoms with van der Waals surface area (Å²) >= 11 is 0. The van der Waals surface area contributed by atoms with Crippen molar-refractivity contribution < 1.29 is 31.8 Å². The molecule has 0 radical (unpaired) electrons. The number of nitrogens with one attached hydrogen (secondary N) is 2. The van der Waals surface area contributed by atoms with Gasteiger partial charge < -0.3 is 24.8 Å². The van der Waals surface area contributed by atoms with Gasteiger partial charge in [0, 0.05) is 32.3 Å². The van der Waals surface area contributed by atoms with Crippen LogP contribution in [-0.4, -0.2) is 71.3 Å². The van der Waals surface area contributed by atoms with Crippen LogP contribution in [0, 0.1) is 5.82 Å². The van der Waals surface area contributed by atoms with E-state index in [0.29, 0.717) is 32.1 Å². The first-order valence-electron chi connectivity index (χ1n) is 11.1. The predicted molar refractivity (Wildman–Crippen MR) is 124 cm³/mol. The second-order valence-corrected chi connectivity index (χ2v) is 9.98. The van der Waals surface area contributed by atoms with Crippen molar-refractivity contribution in [3.63, 3.8) is 0 Å². The maximum Gasteiger partial charge on any atom is 0.258 e. The first-order chi connectivity index (χ1) is 16.4. The van der Waals surface area contributed by atoms with Gasteiger partial charge in [0.2, 0.25) is 10.0 Å². The van der Waals surface area contributed by atoms with E-state index in [1.54, 1.807) is 6.07 Å². The molecule has 0 bridgehead atoms. The van der Waals surface area contributed by atoms with E-state index >= 15 is 0 Å². The van der Waals surface area contributed by atoms with Crippen LogP contribution in [0.4, 0.5) is 15.8 Å². The zero-order chi connectivity index (χ0) is 24.1. The first kappa shape index (κ1) is 24.4. The van der Waals surface area contributed by atoms with E-state index in [9.17, 15) is 17.6 Å². The lowest BCUT2D eigenvalue weighted by molar-refractivity contribution is 0.0730. The zero-order valence-corrected chi connectivity index (χ0v) is 19.7. The van der Waals surface area contributed by atoms with E-state index in [2.05, 4.69) is 10.6 Å². The number of hydrogen-bond donors (Lipinski definition) is 2. The number of morpholine rings is 1. The molecular formula is C23H28FN3O6S. The number of rotatable bonds is 8. The molecule has 9 nitrogen and oxygen atoms in total. The zero-order valence-electron chi connectivity index (χ0n) is 18.9. The average Bonchev–Trinajstić information content (AvgIpc) is 3.37. The van der Waals surface area contributed by atoms with E-state index in [0.717, 1.165) is 18.9 Å². The van der Waals surface area contributed by atoms with Crippen molar-refractivity contribution in [2.24, 2.45) is 0 Å². The average molecular weight is 494 g/mol. The highest BCUT2D eigenvalue weighted by Gasteiger charge is 2.27. The van der Waals surface area contributed by atoms with Crippen molar-refractivity contribution in [1.82, 2.24) is 4.31 Å². The summed E-state index contributed by atoms with van der Waals surface area (Å²) < 4.78 is 58.0. The van der Waals surface area contributed by atoms with Crippen molar-refractivity contribution >= 4 is 27.3 Å². The lowest BCUT2D eigenvalue weighted by Crippen LogP contribution is -2.40. The molecule has 184 valence electrons. The van der Waals surface area contributed by atoms with Gasteiger partial charge in [-0.2, -0.15) is 4.31 Å². The Bertz CT molecular complexity index is 1130. The van der Waals surface area contributed by atoms with E-state index < -0.39 is 21.7 Å². The number of carbonyl (C=O) groups excluding carboxylic acids is 1. The SMILES string of the molecule is COc1ccc(C(=O)Nc2cc(S(=O)(=O)N3CCOCC3)ccc2NCC2CCCO2)c(F)c1. The number of carbonyl (C=O) groups is 1. The van der Waals surface area contributed by atoms with Crippen molar-refractivity contribution in [3.05, 3.63) is 47.8 Å². The Hall–Kier alpha value is -2.73. The summed E-state index contributed by atoms with van der Waals surface area (Å²) in [5.74, 6) is -1.17. The number of methoxy groups -OCH3 is 1. The smallest absolute Gasteiger partial charge is 0.258 e. The number of amides is 1. The van der Waals surface area contributed by atoms with Crippen LogP contribution < -0.4 is 15.4 Å². The molecule has 0 saturated carbocycles. The first-order valence-corrected chi connectivity index (χ1v) is 12.5. The van der Waals surface area contributed by atoms with Crippen LogP contribution in [-0.2, 0) is 19.5 Å². The Morgan fingerprint density at radius 3 is 2.62 bits per heavy atom. The van der Waals surface area contributed by atoms with Gasteiger partial charge in [0.25, 0.3) is 5.91 Å². The Balaban J connectivity index is 1.62. The third kappa shape index (κ3) is 5.49. The minimum Gasteiger partial charge on any atom is -0.497 e. The molecule has 2 heterocycles. The molecule has 2 N–H and O–H groups in total. The van der Waals surface area contributed by atoms with Gasteiger partial charge in [-0.25, -0.2) is 12.8 Å². The third-order valence-electron chi connectivity index (χ3n) is 5.81. The van der Waals surface area contributed by atoms with Crippen LogP contribution in [0.1, 0.15) is 23.2 Å². The van der Waals surface area contributed by atoms with E-state index in [1.807, 2.05) is 0 Å². The molecule has 4 rings (SSSR count). The maximum absolute atomic E-state index is 14.5. The summed E-state index contributed by atoms with van der Waals surface area (Å²) in [6, 6.07) is 8.40. The van der Waals surface area contributed by atoms with Crippen molar-refractivity contribution in [1.29, 1.82) is 0 Å². The fraction of sp³-hybridized carbons (Fsp3) is 0.435. The van der Waals surface area contributed by atoms with Crippen LogP contribution in [0.2, 0.25) is 0 Å². The summed E-state index contributed by atoms with van der Waals surface area (Å²) in [6.07, 6.45) is 1.91. The molecule has 1 atom stereocenters. The number of hydrogen-bond acceptors (Lipinski definition) is 7. The van der Waals surface area contributed by atoms with Crippen molar-refractivity contribution in [2.75, 3.05) is 57.2 Å². The van der Waals surface area contributed by atoms with Crippen molar-refractivity contribution in [3.8, 4) is 5.75 Å². The van der Waals surface area contributed by atoms with Crippen LogP contribution in [0.15, 0.2) is 41.3 Å². The molecule has 1 unspecified atom stereocenters. The summed E-state index contributed by atoms with van der Waals surface area (Å²) in [7, 11) is -2.39. The highest BCUT2D eigenvalue weighted by atomic mass is 32.2. The molecular weight excluding hydrogens is 465 g/mol. The Labute approximate surface area is 198 Å². The van der Waals surface area contributed by atoms with Gasteiger partial charge in [-0.05, 0) is 43.2 Å². The Kier molecular flexibility index (Phi) is 7.67. The summed E-state index contributed by atoms with van der Waals surface area (Å²) in [6.45, 7) is 2.33. The summed E-state index contributed by atoms with van der Waals surface area (Å²) in [5.41, 5.74) is 0.554.